The summed E-state index contributed by atoms with van der Waals surface area (Å²) in [5, 5.41) is 2.95. The van der Waals surface area contributed by atoms with Gasteiger partial charge in [-0.05, 0) is 31.6 Å². The highest BCUT2D eigenvalue weighted by Crippen LogP contribution is 2.48. The Hall–Kier alpha value is -0.320. The van der Waals surface area contributed by atoms with E-state index in [9.17, 15) is 4.79 Å². The maximum absolute atomic E-state index is 11.4. The molecule has 1 aliphatic carbocycles. The van der Waals surface area contributed by atoms with Gasteiger partial charge in [-0.2, -0.15) is 0 Å². The second-order valence-electron chi connectivity index (χ2n) is 4.70. The molecule has 0 aromatic carbocycles. The number of carbonyl (C=O) groups excluding carboxylic acids is 1. The fourth-order valence-electron chi connectivity index (χ4n) is 1.66. The first-order chi connectivity index (χ1) is 7.08. The van der Waals surface area contributed by atoms with Crippen LogP contribution in [0.2, 0.25) is 0 Å². The van der Waals surface area contributed by atoms with E-state index >= 15 is 0 Å². The largest absolute Gasteiger partial charge is 0.385 e. The maximum Gasteiger partial charge on any atom is 0.221 e. The van der Waals surface area contributed by atoms with Crippen LogP contribution in [-0.4, -0.2) is 32.2 Å². The molecule has 0 bridgehead atoms. The van der Waals surface area contributed by atoms with E-state index in [-0.39, 0.29) is 24.4 Å². The van der Waals surface area contributed by atoms with Gasteiger partial charge in [-0.25, -0.2) is 0 Å². The summed E-state index contributed by atoms with van der Waals surface area (Å²) >= 11 is 0. The Morgan fingerprint density at radius 1 is 1.56 bits per heavy atom. The molecule has 16 heavy (non-hydrogen) atoms. The van der Waals surface area contributed by atoms with Crippen LogP contribution in [0.1, 0.15) is 32.6 Å². The Morgan fingerprint density at radius 3 is 2.62 bits per heavy atom. The Morgan fingerprint density at radius 2 is 2.19 bits per heavy atom. The minimum absolute atomic E-state index is 0. The Kier molecular flexibility index (Phi) is 6.95. The van der Waals surface area contributed by atoms with Crippen LogP contribution in [0, 0.1) is 5.41 Å². The van der Waals surface area contributed by atoms with Crippen LogP contribution < -0.4 is 11.1 Å². The summed E-state index contributed by atoms with van der Waals surface area (Å²) in [6, 6.07) is -0.0564. The van der Waals surface area contributed by atoms with Crippen LogP contribution in [0.25, 0.3) is 0 Å². The monoisotopic (exact) mass is 250 g/mol. The van der Waals surface area contributed by atoms with Gasteiger partial charge in [0.15, 0.2) is 0 Å². The summed E-state index contributed by atoms with van der Waals surface area (Å²) in [6.45, 7) is 3.41. The van der Waals surface area contributed by atoms with Crippen molar-refractivity contribution in [3.63, 3.8) is 0 Å². The molecular weight excluding hydrogens is 228 g/mol. The molecule has 1 amide bonds. The molecule has 1 atom stereocenters. The number of methoxy groups -OCH3 is 1. The Labute approximate surface area is 104 Å². The number of nitrogens with two attached hydrogens (primary N) is 1. The van der Waals surface area contributed by atoms with E-state index in [2.05, 4.69) is 5.32 Å². The van der Waals surface area contributed by atoms with Crippen molar-refractivity contribution in [2.75, 3.05) is 20.3 Å². The van der Waals surface area contributed by atoms with E-state index < -0.39 is 0 Å². The fourth-order valence-corrected chi connectivity index (χ4v) is 1.66. The minimum Gasteiger partial charge on any atom is -0.385 e. The van der Waals surface area contributed by atoms with Gasteiger partial charge in [-0.15, -0.1) is 12.4 Å². The highest BCUT2D eigenvalue weighted by Gasteiger charge is 2.41. The molecule has 5 heteroatoms. The molecule has 1 saturated carbocycles. The summed E-state index contributed by atoms with van der Waals surface area (Å²) in [5.41, 5.74) is 5.87. The zero-order valence-corrected chi connectivity index (χ0v) is 10.9. The van der Waals surface area contributed by atoms with Crippen molar-refractivity contribution in [1.82, 2.24) is 5.32 Å². The maximum atomic E-state index is 11.4. The van der Waals surface area contributed by atoms with Crippen molar-refractivity contribution < 1.29 is 9.53 Å². The molecule has 96 valence electrons. The molecule has 1 rings (SSSR count). The lowest BCUT2D eigenvalue weighted by Gasteiger charge is -2.15. The number of carbonyl (C=O) groups is 1. The van der Waals surface area contributed by atoms with Crippen LogP contribution >= 0.6 is 12.4 Å². The first-order valence-electron chi connectivity index (χ1n) is 5.59. The van der Waals surface area contributed by atoms with Gasteiger partial charge in [-0.1, -0.05) is 0 Å². The first kappa shape index (κ1) is 15.7. The predicted octanol–water partition coefficient (Wildman–Crippen LogP) is 1.08. The minimum atomic E-state index is -0.0564. The van der Waals surface area contributed by atoms with E-state index in [4.69, 9.17) is 10.5 Å². The number of nitrogens with one attached hydrogen (secondary N) is 1. The van der Waals surface area contributed by atoms with Crippen molar-refractivity contribution in [2.45, 2.75) is 38.6 Å². The second kappa shape index (κ2) is 7.09. The molecule has 0 aromatic rings. The van der Waals surface area contributed by atoms with Crippen molar-refractivity contribution in [2.24, 2.45) is 11.1 Å². The number of hydrogen-bond donors (Lipinski definition) is 2. The van der Waals surface area contributed by atoms with Gasteiger partial charge in [0.2, 0.25) is 5.91 Å². The van der Waals surface area contributed by atoms with E-state index in [0.717, 1.165) is 19.6 Å². The standard InChI is InChI=1S/C11H22N2O2.ClH/c1-9(12)7-10(14)13-8-11(3-4-11)5-6-15-2;/h9H,3-8,12H2,1-2H3,(H,13,14);1H. The molecule has 0 heterocycles. The number of ether oxygens (including phenoxy) is 1. The van der Waals surface area contributed by atoms with Crippen molar-refractivity contribution in [1.29, 1.82) is 0 Å². The summed E-state index contributed by atoms with van der Waals surface area (Å²) in [5.74, 6) is 0.0636. The normalized spacial score (nSPS) is 18.4. The summed E-state index contributed by atoms with van der Waals surface area (Å²) in [4.78, 5) is 11.4. The lowest BCUT2D eigenvalue weighted by molar-refractivity contribution is -0.121. The Bertz CT molecular complexity index is 218. The highest BCUT2D eigenvalue weighted by molar-refractivity contribution is 5.85. The van der Waals surface area contributed by atoms with Gasteiger partial charge in [0.1, 0.15) is 0 Å². The van der Waals surface area contributed by atoms with E-state index in [1.165, 1.54) is 12.8 Å². The summed E-state index contributed by atoms with van der Waals surface area (Å²) in [7, 11) is 1.71. The van der Waals surface area contributed by atoms with E-state index in [1.807, 2.05) is 6.92 Å². The summed E-state index contributed by atoms with van der Waals surface area (Å²) < 4.78 is 5.06. The van der Waals surface area contributed by atoms with Crippen LogP contribution in [0.3, 0.4) is 0 Å². The molecule has 0 aromatic heterocycles. The average Bonchev–Trinajstić information content (AvgIpc) is 2.92. The number of halogens is 1. The van der Waals surface area contributed by atoms with Crippen LogP contribution in [0.4, 0.5) is 0 Å². The molecule has 3 N–H and O–H groups in total. The fraction of sp³-hybridized carbons (Fsp3) is 0.909. The lowest BCUT2D eigenvalue weighted by Crippen LogP contribution is -2.34. The van der Waals surface area contributed by atoms with Crippen molar-refractivity contribution in [3.8, 4) is 0 Å². The predicted molar refractivity (Wildman–Crippen MR) is 66.7 cm³/mol. The third kappa shape index (κ3) is 5.68. The van der Waals surface area contributed by atoms with E-state index in [0.29, 0.717) is 11.8 Å². The molecule has 4 nitrogen and oxygen atoms in total. The highest BCUT2D eigenvalue weighted by atomic mass is 35.5. The zero-order valence-electron chi connectivity index (χ0n) is 10.1. The molecule has 0 aliphatic heterocycles. The van der Waals surface area contributed by atoms with Crippen LogP contribution in [0.15, 0.2) is 0 Å². The molecule has 0 radical (unpaired) electrons. The summed E-state index contributed by atoms with van der Waals surface area (Å²) in [6.07, 6.45) is 3.87. The topological polar surface area (TPSA) is 64.3 Å². The number of rotatable bonds is 7. The number of hydrogen-bond acceptors (Lipinski definition) is 3. The zero-order chi connectivity index (χ0) is 11.3. The van der Waals surface area contributed by atoms with Gasteiger partial charge in [0.05, 0.1) is 0 Å². The van der Waals surface area contributed by atoms with Gasteiger partial charge in [0.25, 0.3) is 0 Å². The number of amides is 1. The van der Waals surface area contributed by atoms with Crippen LogP contribution in [0.5, 0.6) is 0 Å². The van der Waals surface area contributed by atoms with Gasteiger partial charge < -0.3 is 15.8 Å². The SMILES string of the molecule is COCCC1(CNC(=O)CC(C)N)CC1.Cl. The van der Waals surface area contributed by atoms with Gasteiger partial charge in [-0.3, -0.25) is 4.79 Å². The van der Waals surface area contributed by atoms with Gasteiger partial charge in [0, 0.05) is 32.7 Å². The quantitative estimate of drug-likeness (QED) is 0.711. The first-order valence-corrected chi connectivity index (χ1v) is 5.59. The van der Waals surface area contributed by atoms with Crippen LogP contribution in [-0.2, 0) is 9.53 Å². The third-order valence-corrected chi connectivity index (χ3v) is 2.96. The van der Waals surface area contributed by atoms with Crippen molar-refractivity contribution >= 4 is 18.3 Å². The average molecular weight is 251 g/mol. The molecule has 1 unspecified atom stereocenters. The molecular formula is C11H23ClN2O2. The molecule has 0 saturated heterocycles. The van der Waals surface area contributed by atoms with Gasteiger partial charge >= 0.3 is 0 Å². The second-order valence-corrected chi connectivity index (χ2v) is 4.70. The lowest BCUT2D eigenvalue weighted by atomic mass is 10.0. The molecule has 1 aliphatic rings. The molecule has 0 spiro atoms. The Balaban J connectivity index is 0.00000225. The third-order valence-electron chi connectivity index (χ3n) is 2.96. The van der Waals surface area contributed by atoms with E-state index in [1.54, 1.807) is 7.11 Å². The van der Waals surface area contributed by atoms with Crippen molar-refractivity contribution in [3.05, 3.63) is 0 Å². The molecule has 1 fully saturated rings. The smallest absolute Gasteiger partial charge is 0.221 e.